The smallest absolute Gasteiger partial charge is 0.0978 e. The van der Waals surface area contributed by atoms with Crippen LogP contribution in [0.5, 0.6) is 0 Å². The highest BCUT2D eigenvalue weighted by atomic mass is 15.3. The standard InChI is InChI=1S/C12H28N.C12H20N/c2*1-5-9-13(10-6-2,11-7-3)12-8-4/h5-12H2,1-4H3;5-8H,1-4,9-12H2/q2*+1. The largest absolute Gasteiger partial charge is 0.324 e. The Bertz CT molecular complexity index is 295. The molecule has 0 spiro atoms. The molecule has 0 aromatic rings. The lowest BCUT2D eigenvalue weighted by Crippen LogP contribution is -2.50. The Morgan fingerprint density at radius 1 is 0.462 bits per heavy atom. The Hall–Kier alpha value is -1.12. The molecule has 0 aliphatic carbocycles. The Morgan fingerprint density at radius 3 is 0.846 bits per heavy atom. The summed E-state index contributed by atoms with van der Waals surface area (Å²) in [7, 11) is 0. The molecule has 0 rings (SSSR count). The van der Waals surface area contributed by atoms with Crippen LogP contribution in [0.2, 0.25) is 0 Å². The van der Waals surface area contributed by atoms with Gasteiger partial charge in [0.05, 0.1) is 52.4 Å². The van der Waals surface area contributed by atoms with E-state index >= 15 is 0 Å². The summed E-state index contributed by atoms with van der Waals surface area (Å²) in [6.45, 7) is 33.6. The van der Waals surface area contributed by atoms with E-state index in [1.165, 1.54) is 56.3 Å². The fourth-order valence-electron chi connectivity index (χ4n) is 4.11. The molecule has 0 saturated carbocycles. The van der Waals surface area contributed by atoms with Crippen LogP contribution in [0.4, 0.5) is 0 Å². The minimum atomic E-state index is 0.903. The third-order valence-electron chi connectivity index (χ3n) is 4.86. The fourth-order valence-corrected chi connectivity index (χ4v) is 4.11. The topological polar surface area (TPSA) is 0 Å². The minimum absolute atomic E-state index is 0.903. The van der Waals surface area contributed by atoms with Gasteiger partial charge in [0.25, 0.3) is 0 Å². The normalized spacial score (nSPS) is 11.2. The molecule has 0 aromatic carbocycles. The Balaban J connectivity index is 0. The highest BCUT2D eigenvalue weighted by Crippen LogP contribution is 2.12. The molecule has 0 bridgehead atoms. The summed E-state index contributed by atoms with van der Waals surface area (Å²) >= 11 is 0. The Kier molecular flexibility index (Phi) is 18.0. The molecule has 0 unspecified atom stereocenters. The van der Waals surface area contributed by atoms with Crippen molar-refractivity contribution < 1.29 is 8.97 Å². The first-order valence-electron chi connectivity index (χ1n) is 10.6. The SMILES string of the molecule is C=CC[N+](CC=C)(CC=C)CC=C.CCC[N+](CCC)(CCC)CCC. The lowest BCUT2D eigenvalue weighted by atomic mass is 10.2. The van der Waals surface area contributed by atoms with Gasteiger partial charge in [0.15, 0.2) is 0 Å². The zero-order valence-corrected chi connectivity index (χ0v) is 18.5. The van der Waals surface area contributed by atoms with Gasteiger partial charge >= 0.3 is 0 Å². The van der Waals surface area contributed by atoms with Crippen molar-refractivity contribution in [3.63, 3.8) is 0 Å². The third kappa shape index (κ3) is 11.5. The van der Waals surface area contributed by atoms with Gasteiger partial charge in [-0.2, -0.15) is 0 Å². The minimum Gasteiger partial charge on any atom is -0.324 e. The molecule has 0 saturated heterocycles. The van der Waals surface area contributed by atoms with Crippen molar-refractivity contribution in [2.45, 2.75) is 53.4 Å². The maximum absolute atomic E-state index is 3.77. The van der Waals surface area contributed by atoms with Gasteiger partial charge in [-0.1, -0.05) is 54.0 Å². The lowest BCUT2D eigenvalue weighted by molar-refractivity contribution is -0.928. The maximum Gasteiger partial charge on any atom is 0.0978 e. The number of rotatable bonds is 16. The number of quaternary nitrogens is 2. The fraction of sp³-hybridized carbons (Fsp3) is 0.667. The molecule has 26 heavy (non-hydrogen) atoms. The first-order valence-corrected chi connectivity index (χ1v) is 10.6. The van der Waals surface area contributed by atoms with Crippen LogP contribution in [0.15, 0.2) is 50.6 Å². The second kappa shape index (κ2) is 17.3. The van der Waals surface area contributed by atoms with E-state index in [-0.39, 0.29) is 0 Å². The van der Waals surface area contributed by atoms with E-state index in [0.29, 0.717) is 0 Å². The number of hydrogen-bond donors (Lipinski definition) is 0. The summed E-state index contributed by atoms with van der Waals surface area (Å²) in [5, 5.41) is 0. The Morgan fingerprint density at radius 2 is 0.692 bits per heavy atom. The predicted octanol–water partition coefficient (Wildman–Crippen LogP) is 5.99. The molecule has 0 fully saturated rings. The van der Waals surface area contributed by atoms with E-state index in [9.17, 15) is 0 Å². The van der Waals surface area contributed by atoms with Crippen LogP contribution in [-0.4, -0.2) is 61.3 Å². The molecule has 0 aromatic heterocycles. The van der Waals surface area contributed by atoms with Gasteiger partial charge in [-0.3, -0.25) is 0 Å². The van der Waals surface area contributed by atoms with Crippen LogP contribution < -0.4 is 0 Å². The van der Waals surface area contributed by atoms with E-state index in [4.69, 9.17) is 0 Å². The van der Waals surface area contributed by atoms with Crippen LogP contribution in [0, 0.1) is 0 Å². The average Bonchev–Trinajstić information content (AvgIpc) is 2.57. The van der Waals surface area contributed by atoms with Crippen LogP contribution >= 0.6 is 0 Å². The second-order valence-corrected chi connectivity index (χ2v) is 7.46. The number of nitrogens with zero attached hydrogens (tertiary/aromatic N) is 2. The molecule has 0 amide bonds. The van der Waals surface area contributed by atoms with Crippen LogP contribution in [0.25, 0.3) is 0 Å². The first kappa shape index (κ1) is 27.1. The molecule has 0 aliphatic heterocycles. The van der Waals surface area contributed by atoms with Crippen molar-refractivity contribution >= 4 is 0 Å². The van der Waals surface area contributed by atoms with Gasteiger partial charge < -0.3 is 8.97 Å². The quantitative estimate of drug-likeness (QED) is 0.233. The van der Waals surface area contributed by atoms with Crippen LogP contribution in [0.1, 0.15) is 53.4 Å². The summed E-state index contributed by atoms with van der Waals surface area (Å²) in [4.78, 5) is 0. The highest BCUT2D eigenvalue weighted by Gasteiger charge is 2.22. The summed E-state index contributed by atoms with van der Waals surface area (Å²) < 4.78 is 2.28. The summed E-state index contributed by atoms with van der Waals surface area (Å²) in [5.74, 6) is 0. The molecule has 0 heterocycles. The van der Waals surface area contributed by atoms with Crippen molar-refractivity contribution in [1.82, 2.24) is 0 Å². The van der Waals surface area contributed by atoms with Crippen molar-refractivity contribution in [2.75, 3.05) is 52.4 Å². The van der Waals surface area contributed by atoms with Crippen molar-refractivity contribution in [2.24, 2.45) is 0 Å². The first-order chi connectivity index (χ1) is 12.5. The van der Waals surface area contributed by atoms with Crippen molar-refractivity contribution in [1.29, 1.82) is 0 Å². The molecule has 2 nitrogen and oxygen atoms in total. The molecule has 0 radical (unpaired) electrons. The van der Waals surface area contributed by atoms with E-state index in [1.54, 1.807) is 0 Å². The maximum atomic E-state index is 3.77. The molecular weight excluding hydrogens is 316 g/mol. The van der Waals surface area contributed by atoms with Gasteiger partial charge in [-0.25, -0.2) is 0 Å². The van der Waals surface area contributed by atoms with Gasteiger partial charge in [-0.05, 0) is 50.0 Å². The predicted molar refractivity (Wildman–Crippen MR) is 121 cm³/mol. The van der Waals surface area contributed by atoms with Gasteiger partial charge in [0, 0.05) is 0 Å². The third-order valence-corrected chi connectivity index (χ3v) is 4.86. The zero-order valence-electron chi connectivity index (χ0n) is 18.5. The van der Waals surface area contributed by atoms with Gasteiger partial charge in [0.1, 0.15) is 0 Å². The zero-order chi connectivity index (χ0) is 20.3. The molecule has 152 valence electrons. The summed E-state index contributed by atoms with van der Waals surface area (Å²) in [6, 6.07) is 0. The van der Waals surface area contributed by atoms with Crippen molar-refractivity contribution in [3.8, 4) is 0 Å². The van der Waals surface area contributed by atoms with E-state index < -0.39 is 0 Å². The second-order valence-electron chi connectivity index (χ2n) is 7.46. The molecule has 0 atom stereocenters. The molecular formula is C24H48N2+2. The van der Waals surface area contributed by atoms with Gasteiger partial charge in [0.2, 0.25) is 0 Å². The van der Waals surface area contributed by atoms with E-state index in [0.717, 1.165) is 30.7 Å². The summed E-state index contributed by atoms with van der Waals surface area (Å²) in [6.07, 6.45) is 13.1. The lowest BCUT2D eigenvalue weighted by Gasteiger charge is -2.38. The monoisotopic (exact) mass is 364 g/mol. The molecule has 2 heteroatoms. The molecule has 0 aliphatic rings. The van der Waals surface area contributed by atoms with Gasteiger partial charge in [-0.15, -0.1) is 0 Å². The average molecular weight is 365 g/mol. The van der Waals surface area contributed by atoms with Crippen molar-refractivity contribution in [3.05, 3.63) is 50.6 Å². The summed E-state index contributed by atoms with van der Waals surface area (Å²) in [5.41, 5.74) is 0. The number of hydrogen-bond acceptors (Lipinski definition) is 0. The highest BCUT2D eigenvalue weighted by molar-refractivity contribution is 4.79. The van der Waals surface area contributed by atoms with Crippen LogP contribution in [0.3, 0.4) is 0 Å². The Labute approximate surface area is 165 Å². The van der Waals surface area contributed by atoms with E-state index in [2.05, 4.69) is 54.0 Å². The van der Waals surface area contributed by atoms with E-state index in [1.807, 2.05) is 24.3 Å². The van der Waals surface area contributed by atoms with Crippen LogP contribution in [-0.2, 0) is 0 Å². The molecule has 0 N–H and O–H groups in total.